The van der Waals surface area contributed by atoms with Gasteiger partial charge in [0.1, 0.15) is 0 Å². The first-order valence-electron chi connectivity index (χ1n) is 5.93. The molecular formula is C15H16N2. The van der Waals surface area contributed by atoms with Crippen LogP contribution in [0.1, 0.15) is 5.56 Å². The number of rotatable bonds is 2. The predicted octanol–water partition coefficient (Wildman–Crippen LogP) is 3.10. The van der Waals surface area contributed by atoms with Crippen molar-refractivity contribution in [1.82, 2.24) is 0 Å². The summed E-state index contributed by atoms with van der Waals surface area (Å²) in [6.45, 7) is 1.94. The average Bonchev–Trinajstić information content (AvgIpc) is 2.69. The maximum Gasteiger partial charge on any atom is 0.0904 e. The molecule has 17 heavy (non-hydrogen) atoms. The Morgan fingerprint density at radius 1 is 0.882 bits per heavy atom. The van der Waals surface area contributed by atoms with E-state index in [-0.39, 0.29) is 0 Å². The lowest BCUT2D eigenvalue weighted by atomic mass is 10.2. The van der Waals surface area contributed by atoms with Gasteiger partial charge in [0.2, 0.25) is 0 Å². The molecule has 2 aromatic carbocycles. The van der Waals surface area contributed by atoms with Crippen LogP contribution in [0.5, 0.6) is 0 Å². The Kier molecular flexibility index (Phi) is 2.48. The van der Waals surface area contributed by atoms with E-state index in [2.05, 4.69) is 71.4 Å². The summed E-state index contributed by atoms with van der Waals surface area (Å²) in [5.41, 5.74) is 4.01. The van der Waals surface area contributed by atoms with E-state index in [0.29, 0.717) is 0 Å². The van der Waals surface area contributed by atoms with Crippen molar-refractivity contribution >= 4 is 11.4 Å². The summed E-state index contributed by atoms with van der Waals surface area (Å²) in [5, 5.41) is 0. The van der Waals surface area contributed by atoms with Gasteiger partial charge in [-0.25, -0.2) is 0 Å². The van der Waals surface area contributed by atoms with E-state index in [1.807, 2.05) is 0 Å². The van der Waals surface area contributed by atoms with Gasteiger partial charge in [0.15, 0.2) is 0 Å². The highest BCUT2D eigenvalue weighted by molar-refractivity contribution is 5.75. The van der Waals surface area contributed by atoms with Crippen molar-refractivity contribution in [1.29, 1.82) is 0 Å². The maximum atomic E-state index is 2.41. The molecule has 0 aliphatic carbocycles. The van der Waals surface area contributed by atoms with Crippen LogP contribution >= 0.6 is 0 Å². The molecule has 1 aliphatic heterocycles. The quantitative estimate of drug-likeness (QED) is 0.773. The van der Waals surface area contributed by atoms with Crippen molar-refractivity contribution in [3.63, 3.8) is 0 Å². The summed E-state index contributed by atoms with van der Waals surface area (Å²) in [7, 11) is 2.14. The Bertz CT molecular complexity index is 507. The Morgan fingerprint density at radius 2 is 1.53 bits per heavy atom. The lowest BCUT2D eigenvalue weighted by molar-refractivity contribution is 0.816. The zero-order valence-corrected chi connectivity index (χ0v) is 10.0. The van der Waals surface area contributed by atoms with Crippen molar-refractivity contribution < 1.29 is 0 Å². The minimum Gasteiger partial charge on any atom is -0.355 e. The normalized spacial score (nSPS) is 13.9. The summed E-state index contributed by atoms with van der Waals surface area (Å²) in [6, 6.07) is 19.2. The summed E-state index contributed by atoms with van der Waals surface area (Å²) in [5.74, 6) is 0. The van der Waals surface area contributed by atoms with Crippen LogP contribution in [0.2, 0.25) is 0 Å². The smallest absolute Gasteiger partial charge is 0.0904 e. The van der Waals surface area contributed by atoms with Crippen LogP contribution in [0.3, 0.4) is 0 Å². The summed E-state index contributed by atoms with van der Waals surface area (Å²) in [6.07, 6.45) is 0. The van der Waals surface area contributed by atoms with Gasteiger partial charge >= 0.3 is 0 Å². The second-order valence-electron chi connectivity index (χ2n) is 4.51. The molecule has 0 amide bonds. The summed E-state index contributed by atoms with van der Waals surface area (Å²) in [4.78, 5) is 4.70. The molecule has 2 heteroatoms. The third kappa shape index (κ3) is 1.86. The van der Waals surface area contributed by atoms with Crippen LogP contribution in [0.4, 0.5) is 11.4 Å². The lowest BCUT2D eigenvalue weighted by Crippen LogP contribution is -2.27. The largest absolute Gasteiger partial charge is 0.355 e. The molecule has 0 atom stereocenters. The molecule has 2 aromatic rings. The number of fused-ring (bicyclic) bond motifs is 1. The Hall–Kier alpha value is -1.96. The first kappa shape index (κ1) is 10.2. The molecule has 0 bridgehead atoms. The number of nitrogens with zero attached hydrogens (tertiary/aromatic N) is 2. The molecular weight excluding hydrogens is 208 g/mol. The Labute approximate surface area is 102 Å². The zero-order chi connectivity index (χ0) is 11.7. The first-order valence-corrected chi connectivity index (χ1v) is 5.93. The summed E-state index contributed by atoms with van der Waals surface area (Å²) >= 11 is 0. The van der Waals surface area contributed by atoms with Crippen molar-refractivity contribution in [2.45, 2.75) is 6.54 Å². The van der Waals surface area contributed by atoms with Crippen molar-refractivity contribution in [2.24, 2.45) is 0 Å². The van der Waals surface area contributed by atoms with Gasteiger partial charge in [0.05, 0.1) is 18.0 Å². The highest BCUT2D eigenvalue weighted by Crippen LogP contribution is 2.35. The van der Waals surface area contributed by atoms with Gasteiger partial charge in [-0.2, -0.15) is 0 Å². The van der Waals surface area contributed by atoms with Gasteiger partial charge in [0.25, 0.3) is 0 Å². The fourth-order valence-electron chi connectivity index (χ4n) is 2.40. The lowest BCUT2D eigenvalue weighted by Gasteiger charge is -2.19. The molecule has 0 unspecified atom stereocenters. The topological polar surface area (TPSA) is 6.48 Å². The molecule has 0 radical (unpaired) electrons. The van der Waals surface area contributed by atoms with E-state index in [1.165, 1.54) is 16.9 Å². The number of benzene rings is 2. The highest BCUT2D eigenvalue weighted by Gasteiger charge is 2.22. The number of hydrogen-bond donors (Lipinski definition) is 0. The van der Waals surface area contributed by atoms with Crippen molar-refractivity contribution in [3.05, 3.63) is 60.2 Å². The van der Waals surface area contributed by atoms with E-state index in [9.17, 15) is 0 Å². The molecule has 86 valence electrons. The second-order valence-corrected chi connectivity index (χ2v) is 4.51. The Morgan fingerprint density at radius 3 is 2.29 bits per heavy atom. The third-order valence-corrected chi connectivity index (χ3v) is 3.23. The van der Waals surface area contributed by atoms with Crippen LogP contribution < -0.4 is 9.80 Å². The van der Waals surface area contributed by atoms with Crippen LogP contribution in [0, 0.1) is 0 Å². The highest BCUT2D eigenvalue weighted by atomic mass is 15.4. The van der Waals surface area contributed by atoms with Crippen LogP contribution in [-0.2, 0) is 6.54 Å². The van der Waals surface area contributed by atoms with Gasteiger partial charge in [0, 0.05) is 13.6 Å². The predicted molar refractivity (Wildman–Crippen MR) is 72.3 cm³/mol. The van der Waals surface area contributed by atoms with Gasteiger partial charge in [-0.1, -0.05) is 42.5 Å². The molecule has 0 saturated carbocycles. The van der Waals surface area contributed by atoms with E-state index in [4.69, 9.17) is 0 Å². The van der Waals surface area contributed by atoms with E-state index in [1.54, 1.807) is 0 Å². The van der Waals surface area contributed by atoms with Gasteiger partial charge < -0.3 is 9.80 Å². The fourth-order valence-corrected chi connectivity index (χ4v) is 2.40. The fraction of sp³-hybridized carbons (Fsp3) is 0.200. The van der Waals surface area contributed by atoms with Gasteiger partial charge in [-0.3, -0.25) is 0 Å². The average molecular weight is 224 g/mol. The molecule has 3 rings (SSSR count). The van der Waals surface area contributed by atoms with Crippen molar-refractivity contribution in [2.75, 3.05) is 23.5 Å². The molecule has 1 heterocycles. The van der Waals surface area contributed by atoms with Crippen LogP contribution in [-0.4, -0.2) is 13.7 Å². The minimum atomic E-state index is 0.967. The molecule has 0 fully saturated rings. The number of para-hydroxylation sites is 2. The minimum absolute atomic E-state index is 0.967. The zero-order valence-electron chi connectivity index (χ0n) is 10.0. The maximum absolute atomic E-state index is 2.41. The first-order chi connectivity index (χ1) is 8.34. The molecule has 0 N–H and O–H groups in total. The SMILES string of the molecule is CN1CN(Cc2ccccc2)c2ccccc21. The van der Waals surface area contributed by atoms with Gasteiger partial charge in [-0.05, 0) is 17.7 Å². The van der Waals surface area contributed by atoms with Gasteiger partial charge in [-0.15, -0.1) is 0 Å². The Balaban J connectivity index is 1.87. The van der Waals surface area contributed by atoms with Crippen LogP contribution in [0.15, 0.2) is 54.6 Å². The standard InChI is InChI=1S/C15H16N2/c1-16-12-17(11-13-7-3-2-4-8-13)15-10-6-5-9-14(15)16/h2-10H,11-12H2,1H3. The monoisotopic (exact) mass is 224 g/mol. The summed E-state index contributed by atoms with van der Waals surface area (Å²) < 4.78 is 0. The molecule has 0 aromatic heterocycles. The molecule has 2 nitrogen and oxygen atoms in total. The second kappa shape index (κ2) is 4.13. The van der Waals surface area contributed by atoms with E-state index >= 15 is 0 Å². The molecule has 1 aliphatic rings. The number of hydrogen-bond acceptors (Lipinski definition) is 2. The van der Waals surface area contributed by atoms with Crippen LogP contribution in [0.25, 0.3) is 0 Å². The third-order valence-electron chi connectivity index (χ3n) is 3.23. The van der Waals surface area contributed by atoms with E-state index < -0.39 is 0 Å². The molecule has 0 saturated heterocycles. The number of anilines is 2. The van der Waals surface area contributed by atoms with E-state index in [0.717, 1.165) is 13.2 Å². The molecule has 0 spiro atoms. The van der Waals surface area contributed by atoms with Crippen molar-refractivity contribution in [3.8, 4) is 0 Å².